The number of nitrogens with zero attached hydrogens (tertiary/aromatic N) is 1. The maximum absolute atomic E-state index is 13.2. The monoisotopic (exact) mass is 491 g/mol. The van der Waals surface area contributed by atoms with Crippen molar-refractivity contribution in [2.24, 2.45) is 0 Å². The summed E-state index contributed by atoms with van der Waals surface area (Å²) in [6.07, 6.45) is -3.36. The zero-order chi connectivity index (χ0) is 25.2. The molecule has 0 bridgehead atoms. The van der Waals surface area contributed by atoms with Crippen LogP contribution in [0.4, 0.5) is 23.7 Å². The molecule has 1 aliphatic carbocycles. The van der Waals surface area contributed by atoms with E-state index in [-0.39, 0.29) is 24.7 Å². The van der Waals surface area contributed by atoms with Gasteiger partial charge in [0, 0.05) is 13.5 Å². The average Bonchev–Trinajstić information content (AvgIpc) is 3.03. The van der Waals surface area contributed by atoms with Crippen molar-refractivity contribution >= 4 is 23.5 Å². The number of methoxy groups -OCH3 is 1. The second kappa shape index (κ2) is 9.57. The van der Waals surface area contributed by atoms with E-state index in [1.54, 1.807) is 0 Å². The molecule has 0 saturated carbocycles. The lowest BCUT2D eigenvalue weighted by atomic mass is 9.78. The van der Waals surface area contributed by atoms with Gasteiger partial charge in [0.1, 0.15) is 24.4 Å². The molecule has 4 rings (SSSR count). The summed E-state index contributed by atoms with van der Waals surface area (Å²) >= 11 is 0. The molecule has 8 nitrogen and oxygen atoms in total. The predicted molar refractivity (Wildman–Crippen MR) is 119 cm³/mol. The molecular formula is C24H24F3N3O5. The second-order valence-electron chi connectivity index (χ2n) is 8.45. The van der Waals surface area contributed by atoms with E-state index in [4.69, 9.17) is 9.47 Å². The number of nitrogens with one attached hydrogen (secondary N) is 2. The molecule has 35 heavy (non-hydrogen) atoms. The number of aryl methyl sites for hydroxylation is 1. The van der Waals surface area contributed by atoms with Gasteiger partial charge in [-0.1, -0.05) is 24.3 Å². The molecule has 0 aromatic heterocycles. The Labute approximate surface area is 199 Å². The summed E-state index contributed by atoms with van der Waals surface area (Å²) in [5.41, 5.74) is -0.311. The smallest absolute Gasteiger partial charge is 0.416 e. The van der Waals surface area contributed by atoms with Gasteiger partial charge < -0.3 is 20.1 Å². The van der Waals surface area contributed by atoms with Crippen LogP contribution in [0.15, 0.2) is 42.5 Å². The van der Waals surface area contributed by atoms with Gasteiger partial charge in [0.15, 0.2) is 0 Å². The molecule has 1 unspecified atom stereocenters. The highest BCUT2D eigenvalue weighted by atomic mass is 19.4. The molecule has 2 aliphatic rings. The van der Waals surface area contributed by atoms with E-state index < -0.39 is 41.7 Å². The van der Waals surface area contributed by atoms with E-state index in [9.17, 15) is 27.6 Å². The normalized spacial score (nSPS) is 19.5. The Bertz CT molecular complexity index is 1150. The fourth-order valence-corrected chi connectivity index (χ4v) is 4.34. The zero-order valence-electron chi connectivity index (χ0n) is 18.9. The van der Waals surface area contributed by atoms with Crippen LogP contribution in [0.3, 0.4) is 0 Å². The summed E-state index contributed by atoms with van der Waals surface area (Å²) in [6.45, 7) is -0.425. The largest absolute Gasteiger partial charge is 0.489 e. The first-order valence-corrected chi connectivity index (χ1v) is 11.0. The lowest BCUT2D eigenvalue weighted by Gasteiger charge is -2.32. The number of carbonyl (C=O) groups excluding carboxylic acids is 3. The highest BCUT2D eigenvalue weighted by molar-refractivity contribution is 6.10. The fraction of sp³-hybridized carbons (Fsp3) is 0.375. The maximum atomic E-state index is 13.2. The van der Waals surface area contributed by atoms with Gasteiger partial charge in [0.05, 0.1) is 17.9 Å². The van der Waals surface area contributed by atoms with Crippen molar-refractivity contribution < 1.29 is 37.0 Å². The number of alkyl halides is 3. The third-order valence-electron chi connectivity index (χ3n) is 6.11. The summed E-state index contributed by atoms with van der Waals surface area (Å²) in [7, 11) is 1.44. The molecule has 1 atom stereocenters. The molecule has 11 heteroatoms. The topological polar surface area (TPSA) is 97.0 Å². The molecule has 1 heterocycles. The van der Waals surface area contributed by atoms with Gasteiger partial charge in [0.25, 0.3) is 5.91 Å². The molecule has 2 aromatic carbocycles. The minimum Gasteiger partial charge on any atom is -0.489 e. The predicted octanol–water partition coefficient (Wildman–Crippen LogP) is 3.15. The van der Waals surface area contributed by atoms with Gasteiger partial charge >= 0.3 is 12.2 Å². The summed E-state index contributed by atoms with van der Waals surface area (Å²) in [5, 5.41) is 5.07. The lowest BCUT2D eigenvalue weighted by molar-refractivity contribution is -0.137. The fourth-order valence-electron chi connectivity index (χ4n) is 4.34. The van der Waals surface area contributed by atoms with E-state index in [2.05, 4.69) is 10.6 Å². The lowest BCUT2D eigenvalue weighted by Crippen LogP contribution is -2.51. The maximum Gasteiger partial charge on any atom is 0.416 e. The standard InChI is InChI=1S/C24H24F3N3O5/c1-34-10-11-35-19-7-6-17(24(25,26)27)12-18(19)28-20(31)14-30-21(32)23(29-22(30)33)9-8-15-4-2-3-5-16(15)13-23/h2-7,12H,8-11,13-14H2,1H3,(H,28,31)(H,29,33). The number of hydrogen-bond acceptors (Lipinski definition) is 5. The average molecular weight is 491 g/mol. The molecule has 2 aromatic rings. The Morgan fingerprint density at radius 1 is 1.14 bits per heavy atom. The first-order chi connectivity index (χ1) is 16.6. The minimum absolute atomic E-state index is 0.000887. The summed E-state index contributed by atoms with van der Waals surface area (Å²) < 4.78 is 49.9. The van der Waals surface area contributed by atoms with Gasteiger partial charge in [-0.3, -0.25) is 14.5 Å². The Morgan fingerprint density at radius 2 is 1.89 bits per heavy atom. The molecule has 186 valence electrons. The van der Waals surface area contributed by atoms with Crippen molar-refractivity contribution in [3.8, 4) is 5.75 Å². The molecule has 4 amide bonds. The Kier molecular flexibility index (Phi) is 6.70. The van der Waals surface area contributed by atoms with Gasteiger partial charge in [-0.2, -0.15) is 13.2 Å². The van der Waals surface area contributed by atoms with Crippen LogP contribution in [-0.2, 0) is 33.3 Å². The van der Waals surface area contributed by atoms with Crippen LogP contribution in [0.5, 0.6) is 5.75 Å². The first-order valence-electron chi connectivity index (χ1n) is 11.0. The van der Waals surface area contributed by atoms with Crippen LogP contribution in [0.1, 0.15) is 23.1 Å². The number of carbonyl (C=O) groups is 3. The van der Waals surface area contributed by atoms with Crippen LogP contribution < -0.4 is 15.4 Å². The number of amides is 4. The molecule has 2 N–H and O–H groups in total. The summed E-state index contributed by atoms with van der Waals surface area (Å²) in [5.74, 6) is -1.37. The Balaban J connectivity index is 1.49. The molecule has 0 radical (unpaired) electrons. The van der Waals surface area contributed by atoms with E-state index in [1.165, 1.54) is 7.11 Å². The molecule has 1 spiro atoms. The Morgan fingerprint density at radius 3 is 2.60 bits per heavy atom. The minimum atomic E-state index is -4.64. The number of hydrogen-bond donors (Lipinski definition) is 2. The molecule has 1 fully saturated rings. The molecule has 1 aliphatic heterocycles. The van der Waals surface area contributed by atoms with Crippen LogP contribution in [-0.4, -0.2) is 55.2 Å². The van der Waals surface area contributed by atoms with E-state index >= 15 is 0 Å². The van der Waals surface area contributed by atoms with Crippen molar-refractivity contribution in [3.05, 3.63) is 59.2 Å². The molecular weight excluding hydrogens is 467 g/mol. The van der Waals surface area contributed by atoms with Gasteiger partial charge in [-0.15, -0.1) is 0 Å². The van der Waals surface area contributed by atoms with Crippen LogP contribution >= 0.6 is 0 Å². The SMILES string of the molecule is COCCOc1ccc(C(F)(F)F)cc1NC(=O)CN1C(=O)NC2(CCc3ccccc3C2)C1=O. The van der Waals surface area contributed by atoms with E-state index in [1.807, 2.05) is 24.3 Å². The van der Waals surface area contributed by atoms with Crippen molar-refractivity contribution in [1.82, 2.24) is 10.2 Å². The number of anilines is 1. The highest BCUT2D eigenvalue weighted by Gasteiger charge is 2.52. The zero-order valence-corrected chi connectivity index (χ0v) is 18.9. The number of benzene rings is 2. The van der Waals surface area contributed by atoms with Gasteiger partial charge in [0.2, 0.25) is 5.91 Å². The molecule has 1 saturated heterocycles. The number of halogens is 3. The van der Waals surface area contributed by atoms with Crippen LogP contribution in [0.2, 0.25) is 0 Å². The van der Waals surface area contributed by atoms with Crippen molar-refractivity contribution in [2.45, 2.75) is 31.0 Å². The quantitative estimate of drug-likeness (QED) is 0.458. The van der Waals surface area contributed by atoms with Gasteiger partial charge in [-0.25, -0.2) is 4.79 Å². The highest BCUT2D eigenvalue weighted by Crippen LogP contribution is 2.36. The summed E-state index contributed by atoms with van der Waals surface area (Å²) in [6, 6.07) is 9.57. The van der Waals surface area contributed by atoms with E-state index in [0.717, 1.165) is 34.2 Å². The Hall–Kier alpha value is -3.60. The van der Waals surface area contributed by atoms with Crippen molar-refractivity contribution in [1.29, 1.82) is 0 Å². The number of rotatable bonds is 7. The van der Waals surface area contributed by atoms with Gasteiger partial charge in [-0.05, 0) is 42.2 Å². The number of imide groups is 1. The van der Waals surface area contributed by atoms with Crippen LogP contribution in [0.25, 0.3) is 0 Å². The number of urea groups is 1. The van der Waals surface area contributed by atoms with Crippen molar-refractivity contribution in [2.75, 3.05) is 32.2 Å². The number of fused-ring (bicyclic) bond motifs is 1. The number of ether oxygens (including phenoxy) is 2. The van der Waals surface area contributed by atoms with E-state index in [0.29, 0.717) is 19.3 Å². The third kappa shape index (κ3) is 5.09. The second-order valence-corrected chi connectivity index (χ2v) is 8.45. The third-order valence-corrected chi connectivity index (χ3v) is 6.11. The van der Waals surface area contributed by atoms with Crippen molar-refractivity contribution in [3.63, 3.8) is 0 Å². The first kappa shape index (κ1) is 24.5. The summed E-state index contributed by atoms with van der Waals surface area (Å²) in [4.78, 5) is 39.3. The van der Waals surface area contributed by atoms with Crippen LogP contribution in [0, 0.1) is 0 Å².